The predicted molar refractivity (Wildman–Crippen MR) is 83.6 cm³/mol. The van der Waals surface area contributed by atoms with Gasteiger partial charge in [-0.3, -0.25) is 0 Å². The van der Waals surface area contributed by atoms with Crippen LogP contribution in [-0.2, 0) is 6.42 Å². The molecule has 20 heavy (non-hydrogen) atoms. The molecule has 102 valence electrons. The summed E-state index contributed by atoms with van der Waals surface area (Å²) in [6.07, 6.45) is 2.10. The number of hydrogen-bond acceptors (Lipinski definition) is 3. The summed E-state index contributed by atoms with van der Waals surface area (Å²) in [5.74, 6) is 0. The highest BCUT2D eigenvalue weighted by Gasteiger charge is 2.07. The molecule has 0 atom stereocenters. The van der Waals surface area contributed by atoms with Crippen molar-refractivity contribution in [2.24, 2.45) is 0 Å². The van der Waals surface area contributed by atoms with Gasteiger partial charge in [-0.15, -0.1) is 0 Å². The number of aryl methyl sites for hydroxylation is 1. The largest absolute Gasteiger partial charge is 0.399 e. The second-order valence-corrected chi connectivity index (χ2v) is 4.90. The third-order valence-corrected chi connectivity index (χ3v) is 3.35. The molecule has 0 saturated heterocycles. The number of nitrogens with two attached hydrogens (primary N) is 1. The van der Waals surface area contributed by atoms with E-state index in [0.29, 0.717) is 11.3 Å². The lowest BCUT2D eigenvalue weighted by Gasteiger charge is -2.20. The zero-order valence-electron chi connectivity index (χ0n) is 11.7. The number of nitrogens with zero attached hydrogens (tertiary/aromatic N) is 2. The molecule has 0 aliphatic heterocycles. The van der Waals surface area contributed by atoms with Crippen LogP contribution in [0.3, 0.4) is 0 Å². The van der Waals surface area contributed by atoms with Crippen molar-refractivity contribution in [1.29, 1.82) is 5.26 Å². The van der Waals surface area contributed by atoms with Gasteiger partial charge in [-0.05, 0) is 36.6 Å². The second kappa shape index (κ2) is 6.63. The SMILES string of the molecule is CN(CCCc1ccccc1)c1ccc(N)cc1C#N. The van der Waals surface area contributed by atoms with Crippen LogP contribution in [0.2, 0.25) is 0 Å². The van der Waals surface area contributed by atoms with Crippen LogP contribution in [0.1, 0.15) is 17.5 Å². The minimum atomic E-state index is 0.628. The number of nitrogen functional groups attached to an aromatic ring is 1. The summed E-state index contributed by atoms with van der Waals surface area (Å²) >= 11 is 0. The number of anilines is 2. The zero-order chi connectivity index (χ0) is 14.4. The number of nitriles is 1. The van der Waals surface area contributed by atoms with E-state index in [-0.39, 0.29) is 0 Å². The maximum absolute atomic E-state index is 9.16. The van der Waals surface area contributed by atoms with Crippen LogP contribution >= 0.6 is 0 Å². The fraction of sp³-hybridized carbons (Fsp3) is 0.235. The van der Waals surface area contributed by atoms with Crippen LogP contribution in [-0.4, -0.2) is 13.6 Å². The van der Waals surface area contributed by atoms with E-state index in [1.807, 2.05) is 25.2 Å². The highest BCUT2D eigenvalue weighted by atomic mass is 15.1. The Morgan fingerprint density at radius 3 is 2.60 bits per heavy atom. The van der Waals surface area contributed by atoms with E-state index in [4.69, 9.17) is 11.0 Å². The van der Waals surface area contributed by atoms with E-state index in [2.05, 4.69) is 35.2 Å². The van der Waals surface area contributed by atoms with Crippen LogP contribution in [0.4, 0.5) is 11.4 Å². The van der Waals surface area contributed by atoms with Crippen molar-refractivity contribution in [3.8, 4) is 6.07 Å². The van der Waals surface area contributed by atoms with Crippen molar-refractivity contribution in [3.05, 3.63) is 59.7 Å². The molecule has 0 bridgehead atoms. The molecule has 3 nitrogen and oxygen atoms in total. The lowest BCUT2D eigenvalue weighted by atomic mass is 10.1. The monoisotopic (exact) mass is 265 g/mol. The molecule has 2 N–H and O–H groups in total. The molecule has 0 amide bonds. The van der Waals surface area contributed by atoms with Crippen LogP contribution in [0.25, 0.3) is 0 Å². The lowest BCUT2D eigenvalue weighted by molar-refractivity contribution is 0.785. The van der Waals surface area contributed by atoms with Gasteiger partial charge in [0.25, 0.3) is 0 Å². The van der Waals surface area contributed by atoms with Gasteiger partial charge in [0.15, 0.2) is 0 Å². The summed E-state index contributed by atoms with van der Waals surface area (Å²) in [4.78, 5) is 2.11. The normalized spacial score (nSPS) is 10.0. The maximum Gasteiger partial charge on any atom is 0.101 e. The summed E-state index contributed by atoms with van der Waals surface area (Å²) in [5, 5.41) is 9.16. The molecule has 0 radical (unpaired) electrons. The van der Waals surface area contributed by atoms with Gasteiger partial charge < -0.3 is 10.6 Å². The molecule has 0 saturated carbocycles. The third kappa shape index (κ3) is 3.52. The highest BCUT2D eigenvalue weighted by Crippen LogP contribution is 2.21. The van der Waals surface area contributed by atoms with Gasteiger partial charge in [0, 0.05) is 19.3 Å². The van der Waals surface area contributed by atoms with Crippen molar-refractivity contribution < 1.29 is 0 Å². The summed E-state index contributed by atoms with van der Waals surface area (Å²) in [5.41, 5.74) is 9.25. The average Bonchev–Trinajstić information content (AvgIpc) is 2.48. The number of rotatable bonds is 5. The molecule has 0 fully saturated rings. The Morgan fingerprint density at radius 2 is 1.90 bits per heavy atom. The van der Waals surface area contributed by atoms with E-state index in [1.54, 1.807) is 6.07 Å². The fourth-order valence-corrected chi connectivity index (χ4v) is 2.26. The summed E-state index contributed by atoms with van der Waals surface area (Å²) in [6, 6.07) is 18.1. The van der Waals surface area contributed by atoms with Crippen LogP contribution in [0, 0.1) is 11.3 Å². The quantitative estimate of drug-likeness (QED) is 0.845. The number of benzene rings is 2. The molecule has 2 aromatic rings. The second-order valence-electron chi connectivity index (χ2n) is 4.90. The average molecular weight is 265 g/mol. The van der Waals surface area contributed by atoms with Crippen molar-refractivity contribution >= 4 is 11.4 Å². The first kappa shape index (κ1) is 14.0. The molecule has 0 aliphatic rings. The van der Waals surface area contributed by atoms with Crippen molar-refractivity contribution in [2.75, 3.05) is 24.2 Å². The predicted octanol–water partition coefficient (Wildman–Crippen LogP) is 3.21. The first-order valence-corrected chi connectivity index (χ1v) is 6.75. The third-order valence-electron chi connectivity index (χ3n) is 3.35. The van der Waals surface area contributed by atoms with Gasteiger partial charge in [-0.25, -0.2) is 0 Å². The van der Waals surface area contributed by atoms with E-state index in [9.17, 15) is 0 Å². The van der Waals surface area contributed by atoms with Crippen LogP contribution in [0.5, 0.6) is 0 Å². The lowest BCUT2D eigenvalue weighted by Crippen LogP contribution is -2.20. The Morgan fingerprint density at radius 1 is 1.15 bits per heavy atom. The molecule has 0 heterocycles. The molecular formula is C17H19N3. The fourth-order valence-electron chi connectivity index (χ4n) is 2.26. The van der Waals surface area contributed by atoms with E-state index in [0.717, 1.165) is 25.1 Å². The minimum Gasteiger partial charge on any atom is -0.399 e. The molecule has 0 spiro atoms. The first-order chi connectivity index (χ1) is 9.70. The van der Waals surface area contributed by atoms with Gasteiger partial charge in [-0.1, -0.05) is 30.3 Å². The summed E-state index contributed by atoms with van der Waals surface area (Å²) < 4.78 is 0. The molecular weight excluding hydrogens is 246 g/mol. The van der Waals surface area contributed by atoms with E-state index in [1.165, 1.54) is 5.56 Å². The van der Waals surface area contributed by atoms with Gasteiger partial charge in [0.2, 0.25) is 0 Å². The molecule has 0 aromatic heterocycles. The van der Waals surface area contributed by atoms with Gasteiger partial charge in [-0.2, -0.15) is 5.26 Å². The topological polar surface area (TPSA) is 53.0 Å². The summed E-state index contributed by atoms with van der Waals surface area (Å²) in [7, 11) is 2.01. The highest BCUT2D eigenvalue weighted by molar-refractivity contribution is 5.64. The Bertz CT molecular complexity index is 599. The molecule has 2 aromatic carbocycles. The van der Waals surface area contributed by atoms with Crippen molar-refractivity contribution in [2.45, 2.75) is 12.8 Å². The van der Waals surface area contributed by atoms with E-state index >= 15 is 0 Å². The molecule has 0 aliphatic carbocycles. The van der Waals surface area contributed by atoms with Crippen molar-refractivity contribution in [1.82, 2.24) is 0 Å². The number of hydrogen-bond donors (Lipinski definition) is 1. The molecule has 2 rings (SSSR count). The van der Waals surface area contributed by atoms with Crippen LogP contribution in [0.15, 0.2) is 48.5 Å². The van der Waals surface area contributed by atoms with Crippen molar-refractivity contribution in [3.63, 3.8) is 0 Å². The Labute approximate surface area is 120 Å². The minimum absolute atomic E-state index is 0.628. The maximum atomic E-state index is 9.16. The first-order valence-electron chi connectivity index (χ1n) is 6.75. The van der Waals surface area contributed by atoms with Gasteiger partial charge in [0.05, 0.1) is 11.3 Å². The zero-order valence-corrected chi connectivity index (χ0v) is 11.7. The standard InChI is InChI=1S/C17H19N3/c1-20(11-5-8-14-6-3-2-4-7-14)17-10-9-16(19)12-15(17)13-18/h2-4,6-7,9-10,12H,5,8,11,19H2,1H3. The van der Waals surface area contributed by atoms with Gasteiger partial charge >= 0.3 is 0 Å². The van der Waals surface area contributed by atoms with Crippen LogP contribution < -0.4 is 10.6 Å². The Kier molecular flexibility index (Phi) is 4.62. The summed E-state index contributed by atoms with van der Waals surface area (Å²) in [6.45, 7) is 0.910. The molecule has 3 heteroatoms. The smallest absolute Gasteiger partial charge is 0.101 e. The Hall–Kier alpha value is -2.47. The van der Waals surface area contributed by atoms with E-state index < -0.39 is 0 Å². The van der Waals surface area contributed by atoms with Gasteiger partial charge in [0.1, 0.15) is 6.07 Å². The molecule has 0 unspecified atom stereocenters. The Balaban J connectivity index is 1.95.